The molecule has 0 unspecified atom stereocenters. The highest BCUT2D eigenvalue weighted by atomic mass is 16.7. The Balaban J connectivity index is 2.55. The van der Waals surface area contributed by atoms with Crippen LogP contribution in [-0.2, 0) is 4.84 Å². The zero-order valence-electron chi connectivity index (χ0n) is 6.56. The molecule has 0 radical (unpaired) electrons. The number of fused-ring (bicyclic) bond motifs is 1. The van der Waals surface area contributed by atoms with Crippen molar-refractivity contribution in [2.45, 2.75) is 0 Å². The Morgan fingerprint density at radius 3 is 3.08 bits per heavy atom. The molecule has 1 aromatic heterocycles. The molecule has 0 saturated heterocycles. The summed E-state index contributed by atoms with van der Waals surface area (Å²) in [6, 6.07) is 7.62. The van der Waals surface area contributed by atoms with Gasteiger partial charge >= 0.3 is 0 Å². The van der Waals surface area contributed by atoms with Crippen molar-refractivity contribution in [3.05, 3.63) is 24.3 Å². The Kier molecular flexibility index (Phi) is 1.64. The van der Waals surface area contributed by atoms with Gasteiger partial charge in [0.2, 0.25) is 0 Å². The van der Waals surface area contributed by atoms with Crippen molar-refractivity contribution in [1.82, 2.24) is 15.1 Å². The van der Waals surface area contributed by atoms with Gasteiger partial charge in [0, 0.05) is 0 Å². The minimum absolute atomic E-state index is 0.835. The average Bonchev–Trinajstić information content (AvgIpc) is 2.50. The van der Waals surface area contributed by atoms with Crippen molar-refractivity contribution in [2.24, 2.45) is 0 Å². The molecule has 0 fully saturated rings. The van der Waals surface area contributed by atoms with Gasteiger partial charge in [-0.1, -0.05) is 12.1 Å². The van der Waals surface area contributed by atoms with Gasteiger partial charge in [-0.3, -0.25) is 4.84 Å². The maximum Gasteiger partial charge on any atom is 0.115 e. The number of aromatic nitrogens is 3. The summed E-state index contributed by atoms with van der Waals surface area (Å²) in [4.78, 5) is 6.17. The number of hydrogen-bond acceptors (Lipinski definition) is 4. The van der Waals surface area contributed by atoms with E-state index in [1.54, 1.807) is 0 Å². The van der Waals surface area contributed by atoms with E-state index in [0.717, 1.165) is 11.0 Å². The van der Waals surface area contributed by atoms with Gasteiger partial charge in [-0.25, -0.2) is 0 Å². The van der Waals surface area contributed by atoms with Crippen LogP contribution in [0.4, 0.5) is 0 Å². The van der Waals surface area contributed by atoms with Crippen molar-refractivity contribution in [2.75, 3.05) is 12.7 Å². The number of hydrogen-bond donors (Lipinski definition) is 1. The molecule has 2 rings (SSSR count). The Morgan fingerprint density at radius 1 is 1.42 bits per heavy atom. The number of rotatable bonds is 2. The second-order valence-corrected chi connectivity index (χ2v) is 2.29. The van der Waals surface area contributed by atoms with Crippen molar-refractivity contribution in [3.8, 4) is 0 Å². The van der Waals surface area contributed by atoms with Crippen LogP contribution in [0.25, 0.3) is 11.0 Å². The van der Waals surface area contributed by atoms with E-state index in [1.807, 2.05) is 24.3 Å². The molecule has 0 bridgehead atoms. The predicted octanol–water partition coefficient (Wildman–Crippen LogP) is 0.536. The quantitative estimate of drug-likeness (QED) is 0.658. The zero-order chi connectivity index (χ0) is 8.39. The molecule has 0 aliphatic heterocycles. The highest BCUT2D eigenvalue weighted by Crippen LogP contribution is 2.07. The summed E-state index contributed by atoms with van der Waals surface area (Å²) in [5.41, 5.74) is 4.30. The van der Waals surface area contributed by atoms with Crippen LogP contribution in [0, 0.1) is 0 Å². The molecule has 62 valence electrons. The Bertz CT molecular complexity index is 384. The van der Waals surface area contributed by atoms with Crippen molar-refractivity contribution in [3.63, 3.8) is 0 Å². The van der Waals surface area contributed by atoms with Gasteiger partial charge in [0.1, 0.15) is 11.0 Å². The van der Waals surface area contributed by atoms with Crippen LogP contribution in [0.15, 0.2) is 24.3 Å². The van der Waals surface area contributed by atoms with E-state index < -0.39 is 0 Å². The second-order valence-electron chi connectivity index (χ2n) is 2.29. The lowest BCUT2D eigenvalue weighted by Gasteiger charge is -2.00. The maximum absolute atomic E-state index is 4.70. The number of nitrogens with one attached hydrogen (secondary N) is 1. The summed E-state index contributed by atoms with van der Waals surface area (Å²) in [5.74, 6) is 0. The van der Waals surface area contributed by atoms with E-state index in [2.05, 4.69) is 15.9 Å². The first kappa shape index (κ1) is 7.05. The molecule has 5 heteroatoms. The summed E-state index contributed by atoms with van der Waals surface area (Å²) in [7, 11) is 1.52. The third-order valence-electron chi connectivity index (χ3n) is 1.53. The average molecular weight is 164 g/mol. The van der Waals surface area contributed by atoms with E-state index >= 15 is 0 Å². The SMILES string of the molecule is CONn1nnc2ccccc21. The lowest BCUT2D eigenvalue weighted by molar-refractivity contribution is 0.212. The maximum atomic E-state index is 4.70. The van der Waals surface area contributed by atoms with E-state index in [0.29, 0.717) is 0 Å². The summed E-state index contributed by atoms with van der Waals surface area (Å²) >= 11 is 0. The van der Waals surface area contributed by atoms with Gasteiger partial charge in [0.05, 0.1) is 7.11 Å². The molecular weight excluding hydrogens is 156 g/mol. The standard InChI is InChI=1S/C7H8N4O/c1-12-10-11-7-5-3-2-4-6(7)8-9-11/h2-5,10H,1H3. The summed E-state index contributed by atoms with van der Waals surface area (Å²) < 4.78 is 0. The number of para-hydroxylation sites is 1. The lowest BCUT2D eigenvalue weighted by Crippen LogP contribution is -2.14. The molecule has 0 amide bonds. The van der Waals surface area contributed by atoms with Gasteiger partial charge in [0.15, 0.2) is 0 Å². The third-order valence-corrected chi connectivity index (χ3v) is 1.53. The molecule has 1 heterocycles. The largest absolute Gasteiger partial charge is 0.262 e. The van der Waals surface area contributed by atoms with Gasteiger partial charge in [-0.15, -0.1) is 9.89 Å². The number of benzene rings is 1. The topological polar surface area (TPSA) is 52.0 Å². The van der Waals surface area contributed by atoms with E-state index in [-0.39, 0.29) is 0 Å². The molecule has 12 heavy (non-hydrogen) atoms. The van der Waals surface area contributed by atoms with E-state index in [1.165, 1.54) is 11.9 Å². The molecule has 0 aliphatic rings. The molecule has 0 atom stereocenters. The van der Waals surface area contributed by atoms with Crippen LogP contribution in [0.1, 0.15) is 0 Å². The Hall–Kier alpha value is -1.62. The van der Waals surface area contributed by atoms with Crippen LogP contribution in [0.2, 0.25) is 0 Å². The molecular formula is C7H8N4O. The van der Waals surface area contributed by atoms with E-state index in [9.17, 15) is 0 Å². The van der Waals surface area contributed by atoms with Crippen LogP contribution in [-0.4, -0.2) is 22.2 Å². The fraction of sp³-hybridized carbons (Fsp3) is 0.143. The summed E-state index contributed by atoms with van der Waals surface area (Å²) in [5, 5.41) is 7.72. The zero-order valence-corrected chi connectivity index (χ0v) is 6.56. The normalized spacial score (nSPS) is 10.4. The van der Waals surface area contributed by atoms with Crippen LogP contribution >= 0.6 is 0 Å². The first-order chi connectivity index (χ1) is 5.92. The van der Waals surface area contributed by atoms with Gasteiger partial charge in [-0.05, 0) is 17.3 Å². The molecule has 0 saturated carbocycles. The molecule has 0 spiro atoms. The van der Waals surface area contributed by atoms with Crippen LogP contribution < -0.4 is 5.59 Å². The van der Waals surface area contributed by atoms with Crippen molar-refractivity contribution >= 4 is 11.0 Å². The Morgan fingerprint density at radius 2 is 2.25 bits per heavy atom. The van der Waals surface area contributed by atoms with Crippen molar-refractivity contribution < 1.29 is 4.84 Å². The van der Waals surface area contributed by atoms with Crippen LogP contribution in [0.5, 0.6) is 0 Å². The predicted molar refractivity (Wildman–Crippen MR) is 43.9 cm³/mol. The second kappa shape index (κ2) is 2.78. The monoisotopic (exact) mass is 164 g/mol. The molecule has 1 aromatic carbocycles. The summed E-state index contributed by atoms with van der Waals surface area (Å²) in [6.07, 6.45) is 0. The fourth-order valence-corrected chi connectivity index (χ4v) is 1.02. The highest BCUT2D eigenvalue weighted by molar-refractivity contribution is 5.73. The molecule has 1 N–H and O–H groups in total. The Labute approximate surface area is 68.9 Å². The molecule has 0 aliphatic carbocycles. The van der Waals surface area contributed by atoms with Gasteiger partial charge in [0.25, 0.3) is 0 Å². The smallest absolute Gasteiger partial charge is 0.115 e. The first-order valence-electron chi connectivity index (χ1n) is 3.51. The minimum atomic E-state index is 0.835. The van der Waals surface area contributed by atoms with Gasteiger partial charge in [-0.2, -0.15) is 5.59 Å². The minimum Gasteiger partial charge on any atom is -0.262 e. The number of nitrogens with zero attached hydrogens (tertiary/aromatic N) is 3. The van der Waals surface area contributed by atoms with E-state index in [4.69, 9.17) is 4.84 Å². The third kappa shape index (κ3) is 0.998. The lowest BCUT2D eigenvalue weighted by atomic mass is 10.3. The summed E-state index contributed by atoms with van der Waals surface area (Å²) in [6.45, 7) is 0. The fourth-order valence-electron chi connectivity index (χ4n) is 1.02. The first-order valence-corrected chi connectivity index (χ1v) is 3.51. The van der Waals surface area contributed by atoms with Crippen LogP contribution in [0.3, 0.4) is 0 Å². The van der Waals surface area contributed by atoms with Gasteiger partial charge < -0.3 is 0 Å². The molecule has 5 nitrogen and oxygen atoms in total. The van der Waals surface area contributed by atoms with Crippen molar-refractivity contribution in [1.29, 1.82) is 0 Å². The molecule has 2 aromatic rings. The highest BCUT2D eigenvalue weighted by Gasteiger charge is 2.00.